The Morgan fingerprint density at radius 1 is 1.07 bits per heavy atom. The number of rotatable bonds is 8. The van der Waals surface area contributed by atoms with Gasteiger partial charge in [-0.3, -0.25) is 15.5 Å². The number of anilines is 1. The molecule has 154 valence electrons. The maximum atomic E-state index is 10.7. The molecule has 0 aromatic heterocycles. The van der Waals surface area contributed by atoms with Gasteiger partial charge in [0.1, 0.15) is 6.61 Å². The number of nitro groups is 1. The number of halogens is 2. The normalized spacial score (nSPS) is 10.8. The van der Waals surface area contributed by atoms with Crippen molar-refractivity contribution in [2.24, 2.45) is 5.10 Å². The van der Waals surface area contributed by atoms with Crippen LogP contribution in [0.5, 0.6) is 11.5 Å². The van der Waals surface area contributed by atoms with Gasteiger partial charge >= 0.3 is 0 Å². The third-order valence-corrected chi connectivity index (χ3v) is 4.81. The monoisotopic (exact) mass is 445 g/mol. The Bertz CT molecular complexity index is 1050. The lowest BCUT2D eigenvalue weighted by molar-refractivity contribution is -0.384. The molecule has 7 nitrogen and oxygen atoms in total. The smallest absolute Gasteiger partial charge is 0.269 e. The average Bonchev–Trinajstić information content (AvgIpc) is 2.74. The molecule has 0 fully saturated rings. The van der Waals surface area contributed by atoms with Crippen molar-refractivity contribution < 1.29 is 14.4 Å². The zero-order valence-corrected chi connectivity index (χ0v) is 17.4. The highest BCUT2D eigenvalue weighted by Crippen LogP contribution is 2.31. The van der Waals surface area contributed by atoms with Gasteiger partial charge in [0.05, 0.1) is 23.9 Å². The molecular formula is C21H17Cl2N3O4. The standard InChI is InChI=1S/C21H17Cl2N3O4/c1-29-21-11-14(12-24-25-15-6-8-16(9-7-15)26(27)28)5-10-20(21)30-13-17-18(22)3-2-4-19(17)23/h2-12,25H,13H2,1H3/b24-12+. The van der Waals surface area contributed by atoms with Crippen molar-refractivity contribution in [3.05, 3.63) is 92.0 Å². The quantitative estimate of drug-likeness (QED) is 0.263. The van der Waals surface area contributed by atoms with E-state index in [1.54, 1.807) is 55.8 Å². The van der Waals surface area contributed by atoms with Crippen molar-refractivity contribution in [3.63, 3.8) is 0 Å². The maximum Gasteiger partial charge on any atom is 0.269 e. The summed E-state index contributed by atoms with van der Waals surface area (Å²) in [7, 11) is 1.54. The summed E-state index contributed by atoms with van der Waals surface area (Å²) in [6.45, 7) is 0.198. The van der Waals surface area contributed by atoms with Crippen LogP contribution in [0.2, 0.25) is 10.0 Å². The number of hydrogen-bond acceptors (Lipinski definition) is 6. The first-order valence-electron chi connectivity index (χ1n) is 8.75. The molecule has 3 aromatic carbocycles. The lowest BCUT2D eigenvalue weighted by atomic mass is 10.2. The molecular weight excluding hydrogens is 429 g/mol. The van der Waals surface area contributed by atoms with Crippen molar-refractivity contribution in [2.45, 2.75) is 6.61 Å². The zero-order valence-electron chi connectivity index (χ0n) is 15.8. The maximum absolute atomic E-state index is 10.7. The molecule has 0 radical (unpaired) electrons. The Hall–Kier alpha value is -3.29. The Morgan fingerprint density at radius 2 is 1.77 bits per heavy atom. The van der Waals surface area contributed by atoms with Gasteiger partial charge in [-0.05, 0) is 48.0 Å². The van der Waals surface area contributed by atoms with Crippen molar-refractivity contribution in [2.75, 3.05) is 12.5 Å². The van der Waals surface area contributed by atoms with Crippen LogP contribution < -0.4 is 14.9 Å². The molecule has 0 saturated heterocycles. The van der Waals surface area contributed by atoms with E-state index in [-0.39, 0.29) is 12.3 Å². The van der Waals surface area contributed by atoms with E-state index in [4.69, 9.17) is 32.7 Å². The predicted molar refractivity (Wildman–Crippen MR) is 118 cm³/mol. The molecule has 0 aliphatic carbocycles. The van der Waals surface area contributed by atoms with E-state index in [2.05, 4.69) is 10.5 Å². The summed E-state index contributed by atoms with van der Waals surface area (Å²) in [5, 5.41) is 15.9. The summed E-state index contributed by atoms with van der Waals surface area (Å²) in [5.74, 6) is 1.06. The fourth-order valence-corrected chi connectivity index (χ4v) is 3.05. The van der Waals surface area contributed by atoms with Crippen LogP contribution in [0, 0.1) is 10.1 Å². The zero-order chi connectivity index (χ0) is 21.5. The minimum atomic E-state index is -0.456. The minimum absolute atomic E-state index is 0.0166. The molecule has 0 saturated carbocycles. The topological polar surface area (TPSA) is 86.0 Å². The van der Waals surface area contributed by atoms with Crippen LogP contribution in [0.1, 0.15) is 11.1 Å². The molecule has 3 aromatic rings. The van der Waals surface area contributed by atoms with Crippen LogP contribution in [-0.4, -0.2) is 18.2 Å². The van der Waals surface area contributed by atoms with E-state index in [0.29, 0.717) is 32.8 Å². The largest absolute Gasteiger partial charge is 0.493 e. The number of non-ortho nitro benzene ring substituents is 1. The molecule has 0 aliphatic rings. The van der Waals surface area contributed by atoms with E-state index < -0.39 is 4.92 Å². The molecule has 3 rings (SSSR count). The van der Waals surface area contributed by atoms with E-state index in [1.807, 2.05) is 6.07 Å². The SMILES string of the molecule is COc1cc(/C=N/Nc2ccc([N+](=O)[O-])cc2)ccc1OCc1c(Cl)cccc1Cl. The molecule has 0 unspecified atom stereocenters. The summed E-state index contributed by atoms with van der Waals surface area (Å²) in [4.78, 5) is 10.2. The summed E-state index contributed by atoms with van der Waals surface area (Å²) >= 11 is 12.3. The fraction of sp³-hybridized carbons (Fsp3) is 0.0952. The van der Waals surface area contributed by atoms with Gasteiger partial charge in [0.2, 0.25) is 0 Å². The average molecular weight is 446 g/mol. The predicted octanol–water partition coefficient (Wildman–Crippen LogP) is 5.94. The third kappa shape index (κ3) is 5.40. The van der Waals surface area contributed by atoms with Gasteiger partial charge in [0.25, 0.3) is 5.69 Å². The Morgan fingerprint density at radius 3 is 2.40 bits per heavy atom. The second-order valence-corrected chi connectivity index (χ2v) is 6.89. The minimum Gasteiger partial charge on any atom is -0.493 e. The number of nitrogens with zero attached hydrogens (tertiary/aromatic N) is 2. The second-order valence-electron chi connectivity index (χ2n) is 6.07. The molecule has 0 atom stereocenters. The van der Waals surface area contributed by atoms with E-state index in [1.165, 1.54) is 12.1 Å². The number of ether oxygens (including phenoxy) is 2. The highest BCUT2D eigenvalue weighted by atomic mass is 35.5. The highest BCUT2D eigenvalue weighted by molar-refractivity contribution is 6.35. The van der Waals surface area contributed by atoms with Crippen LogP contribution >= 0.6 is 23.2 Å². The molecule has 9 heteroatoms. The first-order chi connectivity index (χ1) is 14.5. The van der Waals surface area contributed by atoms with Crippen LogP contribution in [0.15, 0.2) is 65.8 Å². The molecule has 0 aliphatic heterocycles. The molecule has 0 heterocycles. The summed E-state index contributed by atoms with van der Waals surface area (Å²) < 4.78 is 11.2. The molecule has 0 bridgehead atoms. The summed E-state index contributed by atoms with van der Waals surface area (Å²) in [6.07, 6.45) is 1.60. The van der Waals surface area contributed by atoms with Crippen molar-refractivity contribution in [1.29, 1.82) is 0 Å². The van der Waals surface area contributed by atoms with Crippen LogP contribution in [-0.2, 0) is 6.61 Å². The number of benzene rings is 3. The van der Waals surface area contributed by atoms with Gasteiger partial charge in [-0.25, -0.2) is 0 Å². The molecule has 0 amide bonds. The van der Waals surface area contributed by atoms with Crippen molar-refractivity contribution in [1.82, 2.24) is 0 Å². The van der Waals surface area contributed by atoms with Crippen LogP contribution in [0.4, 0.5) is 11.4 Å². The second kappa shape index (κ2) is 9.96. The van der Waals surface area contributed by atoms with Crippen LogP contribution in [0.3, 0.4) is 0 Å². The Labute approximate surface area is 183 Å². The Kier molecular flexibility index (Phi) is 7.11. The van der Waals surface area contributed by atoms with Gasteiger partial charge < -0.3 is 9.47 Å². The third-order valence-electron chi connectivity index (χ3n) is 4.11. The number of hydrogen-bond donors (Lipinski definition) is 1. The Balaban J connectivity index is 1.66. The van der Waals surface area contributed by atoms with Gasteiger partial charge in [-0.1, -0.05) is 29.3 Å². The highest BCUT2D eigenvalue weighted by Gasteiger charge is 2.10. The lowest BCUT2D eigenvalue weighted by Crippen LogP contribution is -2.00. The van der Waals surface area contributed by atoms with Gasteiger partial charge in [-0.2, -0.15) is 5.10 Å². The van der Waals surface area contributed by atoms with E-state index >= 15 is 0 Å². The first-order valence-corrected chi connectivity index (χ1v) is 9.51. The van der Waals surface area contributed by atoms with Gasteiger partial charge in [0.15, 0.2) is 11.5 Å². The number of nitro benzene ring substituents is 1. The lowest BCUT2D eigenvalue weighted by Gasteiger charge is -2.13. The van der Waals surface area contributed by atoms with Crippen molar-refractivity contribution in [3.8, 4) is 11.5 Å². The fourth-order valence-electron chi connectivity index (χ4n) is 2.54. The number of hydrazone groups is 1. The molecule has 0 spiro atoms. The first kappa shape index (κ1) is 21.4. The summed E-state index contributed by atoms with van der Waals surface area (Å²) in [5.41, 5.74) is 4.92. The molecule has 1 N–H and O–H groups in total. The van der Waals surface area contributed by atoms with Crippen molar-refractivity contribution >= 4 is 40.8 Å². The molecule has 30 heavy (non-hydrogen) atoms. The number of nitrogens with one attached hydrogen (secondary N) is 1. The number of methoxy groups -OCH3 is 1. The van der Waals surface area contributed by atoms with E-state index in [9.17, 15) is 10.1 Å². The summed E-state index contributed by atoms with van der Waals surface area (Å²) in [6, 6.07) is 16.6. The van der Waals surface area contributed by atoms with Gasteiger partial charge in [-0.15, -0.1) is 0 Å². The van der Waals surface area contributed by atoms with E-state index in [0.717, 1.165) is 5.56 Å². The van der Waals surface area contributed by atoms with Crippen LogP contribution in [0.25, 0.3) is 0 Å². The van der Waals surface area contributed by atoms with Gasteiger partial charge in [0, 0.05) is 27.7 Å².